The highest BCUT2D eigenvalue weighted by atomic mass is 16.3. The lowest BCUT2D eigenvalue weighted by atomic mass is 10.1. The Morgan fingerprint density at radius 1 is 0.857 bits per heavy atom. The first-order valence-corrected chi connectivity index (χ1v) is 6.49. The number of pyridine rings is 1. The lowest BCUT2D eigenvalue weighted by Gasteiger charge is -2.09. The van der Waals surface area contributed by atoms with Gasteiger partial charge in [-0.1, -0.05) is 42.5 Å². The quantitative estimate of drug-likeness (QED) is 0.681. The maximum absolute atomic E-state index is 11.4. The van der Waals surface area contributed by atoms with E-state index in [0.29, 0.717) is 0 Å². The Morgan fingerprint density at radius 3 is 2.38 bits per heavy atom. The fraction of sp³-hybridized carbons (Fsp3) is 0. The Balaban J connectivity index is 2.08. The molecule has 4 nitrogen and oxygen atoms in total. The Kier molecular flexibility index (Phi) is 3.43. The van der Waals surface area contributed by atoms with Gasteiger partial charge < -0.3 is 4.57 Å². The third kappa shape index (κ3) is 2.65. The van der Waals surface area contributed by atoms with Gasteiger partial charge in [-0.3, -0.25) is 4.79 Å². The number of nitroso groups, excluding NO2 is 1. The molecule has 0 spiro atoms. The molecule has 0 unspecified atom stereocenters. The molecule has 3 aromatic rings. The molecule has 0 atom stereocenters. The van der Waals surface area contributed by atoms with Gasteiger partial charge in [0.2, 0.25) is 5.43 Å². The lowest BCUT2D eigenvalue weighted by molar-refractivity contribution is 1.04. The van der Waals surface area contributed by atoms with Crippen molar-refractivity contribution in [1.82, 2.24) is 4.57 Å². The van der Waals surface area contributed by atoms with Crippen molar-refractivity contribution in [2.45, 2.75) is 0 Å². The van der Waals surface area contributed by atoms with E-state index in [4.69, 9.17) is 0 Å². The van der Waals surface area contributed by atoms with Gasteiger partial charge in [0, 0.05) is 24.1 Å². The number of hydrogen-bond donors (Lipinski definition) is 0. The van der Waals surface area contributed by atoms with Crippen molar-refractivity contribution in [2.24, 2.45) is 5.18 Å². The molecule has 0 saturated carbocycles. The first kappa shape index (κ1) is 13.0. The van der Waals surface area contributed by atoms with E-state index in [1.54, 1.807) is 10.8 Å². The number of hydrogen-bond acceptors (Lipinski definition) is 3. The fourth-order valence-electron chi connectivity index (χ4n) is 2.18. The lowest BCUT2D eigenvalue weighted by Crippen LogP contribution is -2.03. The largest absolute Gasteiger partial charge is 0.321 e. The van der Waals surface area contributed by atoms with E-state index in [-0.39, 0.29) is 11.1 Å². The van der Waals surface area contributed by atoms with Crippen LogP contribution in [0.1, 0.15) is 0 Å². The number of rotatable bonds is 3. The van der Waals surface area contributed by atoms with Gasteiger partial charge in [0.05, 0.1) is 0 Å². The molecule has 0 aliphatic heterocycles. The van der Waals surface area contributed by atoms with Crippen LogP contribution in [0.2, 0.25) is 0 Å². The minimum absolute atomic E-state index is 0.0948. The first-order valence-electron chi connectivity index (χ1n) is 6.49. The highest BCUT2D eigenvalue weighted by Crippen LogP contribution is 2.22. The van der Waals surface area contributed by atoms with Gasteiger partial charge in [-0.25, -0.2) is 0 Å². The summed E-state index contributed by atoms with van der Waals surface area (Å²) in [6.07, 6.45) is 3.07. The summed E-state index contributed by atoms with van der Waals surface area (Å²) in [6, 6.07) is 19.2. The zero-order chi connectivity index (χ0) is 14.7. The van der Waals surface area contributed by atoms with E-state index in [9.17, 15) is 9.70 Å². The molecule has 2 aromatic carbocycles. The summed E-state index contributed by atoms with van der Waals surface area (Å²) < 4.78 is 1.71. The molecule has 1 aromatic heterocycles. The van der Waals surface area contributed by atoms with Crippen LogP contribution in [0.15, 0.2) is 83.0 Å². The maximum Gasteiger partial charge on any atom is 0.210 e. The molecule has 4 heteroatoms. The minimum Gasteiger partial charge on any atom is -0.321 e. The van der Waals surface area contributed by atoms with Crippen LogP contribution in [0, 0.1) is 4.91 Å². The van der Waals surface area contributed by atoms with E-state index in [1.807, 2.05) is 54.6 Å². The van der Waals surface area contributed by atoms with E-state index in [2.05, 4.69) is 5.18 Å². The molecule has 0 N–H and O–H groups in total. The summed E-state index contributed by atoms with van der Waals surface area (Å²) in [5.41, 5.74) is 2.56. The SMILES string of the molecule is O=Nc1cn(-c2cccc(-c3ccccc3)c2)ccc1=O. The Hall–Kier alpha value is -3.01. The third-order valence-corrected chi connectivity index (χ3v) is 3.25. The van der Waals surface area contributed by atoms with Crippen LogP contribution in [-0.2, 0) is 0 Å². The predicted molar refractivity (Wildman–Crippen MR) is 82.9 cm³/mol. The summed E-state index contributed by atoms with van der Waals surface area (Å²) in [5, 5.41) is 2.75. The zero-order valence-electron chi connectivity index (χ0n) is 11.1. The molecule has 0 amide bonds. The van der Waals surface area contributed by atoms with Crippen molar-refractivity contribution in [3.8, 4) is 16.8 Å². The van der Waals surface area contributed by atoms with Crippen molar-refractivity contribution in [2.75, 3.05) is 0 Å². The van der Waals surface area contributed by atoms with Crippen molar-refractivity contribution in [3.63, 3.8) is 0 Å². The first-order chi connectivity index (χ1) is 10.3. The topological polar surface area (TPSA) is 51.4 Å². The van der Waals surface area contributed by atoms with E-state index in [0.717, 1.165) is 16.8 Å². The van der Waals surface area contributed by atoms with Gasteiger partial charge >= 0.3 is 0 Å². The van der Waals surface area contributed by atoms with E-state index >= 15 is 0 Å². The second-order valence-corrected chi connectivity index (χ2v) is 4.61. The normalized spacial score (nSPS) is 10.3. The van der Waals surface area contributed by atoms with Crippen molar-refractivity contribution in [3.05, 3.63) is 88.2 Å². The minimum atomic E-state index is -0.375. The average molecular weight is 276 g/mol. The van der Waals surface area contributed by atoms with E-state index < -0.39 is 0 Å². The molecular formula is C17H12N2O2. The van der Waals surface area contributed by atoms with Crippen molar-refractivity contribution < 1.29 is 0 Å². The monoisotopic (exact) mass is 276 g/mol. The molecule has 0 fully saturated rings. The van der Waals surface area contributed by atoms with Crippen molar-refractivity contribution >= 4 is 5.69 Å². The van der Waals surface area contributed by atoms with Crippen LogP contribution in [0.5, 0.6) is 0 Å². The van der Waals surface area contributed by atoms with Gasteiger partial charge in [-0.05, 0) is 28.4 Å². The molecular weight excluding hydrogens is 264 g/mol. The summed E-state index contributed by atoms with van der Waals surface area (Å²) in [5.74, 6) is 0. The standard InChI is InChI=1S/C17H12N2O2/c20-17-9-10-19(12-16(17)18-21)15-8-4-7-14(11-15)13-5-2-1-3-6-13/h1-12H. The smallest absolute Gasteiger partial charge is 0.210 e. The zero-order valence-corrected chi connectivity index (χ0v) is 11.1. The van der Waals surface area contributed by atoms with Gasteiger partial charge in [-0.2, -0.15) is 0 Å². The molecule has 3 rings (SSSR count). The second kappa shape index (κ2) is 5.54. The molecule has 21 heavy (non-hydrogen) atoms. The van der Waals surface area contributed by atoms with Gasteiger partial charge in [-0.15, -0.1) is 4.91 Å². The molecule has 0 saturated heterocycles. The highest BCUT2D eigenvalue weighted by molar-refractivity contribution is 5.65. The second-order valence-electron chi connectivity index (χ2n) is 4.61. The molecule has 102 valence electrons. The van der Waals surface area contributed by atoms with Crippen LogP contribution in [-0.4, -0.2) is 4.57 Å². The average Bonchev–Trinajstić information content (AvgIpc) is 2.56. The van der Waals surface area contributed by atoms with Crippen molar-refractivity contribution in [1.29, 1.82) is 0 Å². The van der Waals surface area contributed by atoms with E-state index in [1.165, 1.54) is 12.3 Å². The third-order valence-electron chi connectivity index (χ3n) is 3.25. The van der Waals surface area contributed by atoms with Crippen LogP contribution >= 0.6 is 0 Å². The fourth-order valence-corrected chi connectivity index (χ4v) is 2.18. The Morgan fingerprint density at radius 2 is 1.62 bits per heavy atom. The molecule has 0 bridgehead atoms. The molecule has 0 aliphatic carbocycles. The Labute approximate surface area is 121 Å². The molecule has 0 aliphatic rings. The Bertz CT molecular complexity index is 839. The molecule has 0 radical (unpaired) electrons. The van der Waals surface area contributed by atoms with Crippen LogP contribution < -0.4 is 5.43 Å². The number of aromatic nitrogens is 1. The number of nitrogens with zero attached hydrogens (tertiary/aromatic N) is 2. The van der Waals surface area contributed by atoms with Crippen LogP contribution in [0.3, 0.4) is 0 Å². The maximum atomic E-state index is 11.4. The highest BCUT2D eigenvalue weighted by Gasteiger charge is 2.03. The van der Waals surface area contributed by atoms with Gasteiger partial charge in [0.25, 0.3) is 0 Å². The summed E-state index contributed by atoms with van der Waals surface area (Å²) >= 11 is 0. The summed E-state index contributed by atoms with van der Waals surface area (Å²) in [4.78, 5) is 22.1. The van der Waals surface area contributed by atoms with Gasteiger partial charge in [0.15, 0.2) is 5.69 Å². The predicted octanol–water partition coefficient (Wildman–Crippen LogP) is 3.90. The molecule has 1 heterocycles. The summed E-state index contributed by atoms with van der Waals surface area (Å²) in [6.45, 7) is 0. The number of benzene rings is 2. The van der Waals surface area contributed by atoms with Gasteiger partial charge in [0.1, 0.15) is 0 Å². The van der Waals surface area contributed by atoms with Crippen LogP contribution in [0.25, 0.3) is 16.8 Å². The summed E-state index contributed by atoms with van der Waals surface area (Å²) in [7, 11) is 0. The van der Waals surface area contributed by atoms with Crippen LogP contribution in [0.4, 0.5) is 5.69 Å².